The zero-order chi connectivity index (χ0) is 13.8. The molecule has 1 aliphatic rings. The van der Waals surface area contributed by atoms with Crippen LogP contribution in [0.15, 0.2) is 0 Å². The summed E-state index contributed by atoms with van der Waals surface area (Å²) in [7, 11) is 2.89. The molecule has 0 unspecified atom stereocenters. The van der Waals surface area contributed by atoms with Crippen molar-refractivity contribution >= 4 is 28.0 Å². The minimum absolute atomic E-state index is 0.347. The van der Waals surface area contributed by atoms with Gasteiger partial charge in [-0.2, -0.15) is 0 Å². The molecule has 19 heavy (non-hydrogen) atoms. The van der Waals surface area contributed by atoms with Crippen LogP contribution < -0.4 is 15.4 Å². The SMILES string of the molecule is COC(=O)c1sc(N2CCCOCC2)c(OC)c1N. The topological polar surface area (TPSA) is 74.0 Å². The van der Waals surface area contributed by atoms with E-state index in [2.05, 4.69) is 4.90 Å². The normalized spacial score (nSPS) is 16.0. The Kier molecular flexibility index (Phi) is 4.49. The number of nitrogens with two attached hydrogens (primary N) is 1. The van der Waals surface area contributed by atoms with Crippen molar-refractivity contribution in [1.29, 1.82) is 0 Å². The first-order valence-corrected chi connectivity index (χ1v) is 6.88. The van der Waals surface area contributed by atoms with Gasteiger partial charge in [0.05, 0.1) is 20.8 Å². The first kappa shape index (κ1) is 14.0. The molecule has 0 aromatic carbocycles. The molecule has 1 fully saturated rings. The van der Waals surface area contributed by atoms with E-state index in [1.807, 2.05) is 0 Å². The van der Waals surface area contributed by atoms with Crippen molar-refractivity contribution in [2.75, 3.05) is 51.2 Å². The Morgan fingerprint density at radius 2 is 2.16 bits per heavy atom. The summed E-state index contributed by atoms with van der Waals surface area (Å²) in [5.74, 6) is 0.116. The number of thiophene rings is 1. The smallest absolute Gasteiger partial charge is 0.350 e. The van der Waals surface area contributed by atoms with E-state index in [4.69, 9.17) is 19.9 Å². The van der Waals surface area contributed by atoms with E-state index in [0.29, 0.717) is 22.9 Å². The summed E-state index contributed by atoms with van der Waals surface area (Å²) >= 11 is 1.30. The van der Waals surface area contributed by atoms with E-state index in [1.54, 1.807) is 7.11 Å². The number of carbonyl (C=O) groups is 1. The predicted octanol–water partition coefficient (Wildman–Crippen LogP) is 1.35. The van der Waals surface area contributed by atoms with Crippen LogP contribution in [-0.2, 0) is 9.47 Å². The second-order valence-corrected chi connectivity index (χ2v) is 5.13. The Morgan fingerprint density at radius 1 is 1.37 bits per heavy atom. The number of nitrogen functional groups attached to an aromatic ring is 1. The van der Waals surface area contributed by atoms with Crippen molar-refractivity contribution in [3.8, 4) is 5.75 Å². The summed E-state index contributed by atoms with van der Waals surface area (Å²) in [4.78, 5) is 14.2. The Labute approximate surface area is 116 Å². The Morgan fingerprint density at radius 3 is 2.84 bits per heavy atom. The zero-order valence-electron chi connectivity index (χ0n) is 11.1. The number of ether oxygens (including phenoxy) is 3. The summed E-state index contributed by atoms with van der Waals surface area (Å²) in [6.07, 6.45) is 0.939. The van der Waals surface area contributed by atoms with Crippen molar-refractivity contribution in [3.05, 3.63) is 4.88 Å². The standard InChI is InChI=1S/C12H18N2O4S/c1-16-9-8(13)10(12(15)17-2)19-11(9)14-4-3-6-18-7-5-14/h3-7,13H2,1-2H3. The molecule has 7 heteroatoms. The molecule has 106 valence electrons. The van der Waals surface area contributed by atoms with Gasteiger partial charge >= 0.3 is 5.97 Å². The maximum Gasteiger partial charge on any atom is 0.350 e. The fourth-order valence-electron chi connectivity index (χ4n) is 2.02. The Bertz CT molecular complexity index is 453. The summed E-state index contributed by atoms with van der Waals surface area (Å²) in [5.41, 5.74) is 6.31. The van der Waals surface area contributed by atoms with Crippen LogP contribution in [0.25, 0.3) is 0 Å². The Balaban J connectivity index is 2.35. The first-order chi connectivity index (χ1) is 9.19. The maximum atomic E-state index is 11.7. The fourth-order valence-corrected chi connectivity index (χ4v) is 3.18. The van der Waals surface area contributed by atoms with Crippen LogP contribution in [0.3, 0.4) is 0 Å². The van der Waals surface area contributed by atoms with Gasteiger partial charge in [-0.05, 0) is 6.42 Å². The molecule has 6 nitrogen and oxygen atoms in total. The largest absolute Gasteiger partial charge is 0.492 e. The van der Waals surface area contributed by atoms with E-state index >= 15 is 0 Å². The highest BCUT2D eigenvalue weighted by Crippen LogP contribution is 2.45. The molecule has 1 saturated heterocycles. The summed E-state index contributed by atoms with van der Waals surface area (Å²) in [6, 6.07) is 0. The maximum absolute atomic E-state index is 11.7. The van der Waals surface area contributed by atoms with Crippen LogP contribution in [0.1, 0.15) is 16.1 Å². The number of rotatable bonds is 3. The van der Waals surface area contributed by atoms with Gasteiger partial charge in [-0.1, -0.05) is 0 Å². The van der Waals surface area contributed by atoms with Crippen molar-refractivity contribution in [1.82, 2.24) is 0 Å². The van der Waals surface area contributed by atoms with E-state index in [9.17, 15) is 4.79 Å². The second kappa shape index (κ2) is 6.12. The highest BCUT2D eigenvalue weighted by molar-refractivity contribution is 7.19. The minimum Gasteiger partial charge on any atom is -0.492 e. The molecule has 0 spiro atoms. The molecule has 1 aromatic rings. The minimum atomic E-state index is -0.432. The lowest BCUT2D eigenvalue weighted by molar-refractivity contribution is 0.0607. The molecule has 0 amide bonds. The summed E-state index contributed by atoms with van der Waals surface area (Å²) in [5, 5.41) is 0.867. The van der Waals surface area contributed by atoms with Gasteiger partial charge in [0.15, 0.2) is 5.75 Å². The van der Waals surface area contributed by atoms with E-state index in [-0.39, 0.29) is 0 Å². The predicted molar refractivity (Wildman–Crippen MR) is 74.3 cm³/mol. The lowest BCUT2D eigenvalue weighted by atomic mass is 10.3. The molecule has 2 N–H and O–H groups in total. The van der Waals surface area contributed by atoms with E-state index in [0.717, 1.165) is 31.1 Å². The van der Waals surface area contributed by atoms with Crippen LogP contribution in [-0.4, -0.2) is 46.5 Å². The van der Waals surface area contributed by atoms with Gasteiger partial charge in [-0.3, -0.25) is 0 Å². The van der Waals surface area contributed by atoms with Crippen LogP contribution in [0.5, 0.6) is 5.75 Å². The van der Waals surface area contributed by atoms with Gasteiger partial charge in [0.25, 0.3) is 0 Å². The van der Waals surface area contributed by atoms with Crippen molar-refractivity contribution < 1.29 is 19.0 Å². The third kappa shape index (κ3) is 2.76. The molecule has 1 aliphatic heterocycles. The number of esters is 1. The summed E-state index contributed by atoms with van der Waals surface area (Å²) < 4.78 is 15.5. The molecule has 1 aromatic heterocycles. The first-order valence-electron chi connectivity index (χ1n) is 6.06. The number of anilines is 2. The Hall–Kier alpha value is -1.47. The number of carbonyl (C=O) groups excluding carboxylic acids is 1. The molecule has 0 radical (unpaired) electrons. The highest BCUT2D eigenvalue weighted by Gasteiger charge is 2.26. The molecule has 0 bridgehead atoms. The van der Waals surface area contributed by atoms with Crippen LogP contribution in [0.2, 0.25) is 0 Å². The third-order valence-corrected chi connectivity index (χ3v) is 4.19. The molecule has 0 atom stereocenters. The lowest BCUT2D eigenvalue weighted by Crippen LogP contribution is -2.25. The molecule has 0 saturated carbocycles. The van der Waals surface area contributed by atoms with Gasteiger partial charge in [0.1, 0.15) is 15.6 Å². The highest BCUT2D eigenvalue weighted by atomic mass is 32.1. The molecular formula is C12H18N2O4S. The van der Waals surface area contributed by atoms with Crippen LogP contribution >= 0.6 is 11.3 Å². The second-order valence-electron chi connectivity index (χ2n) is 4.13. The van der Waals surface area contributed by atoms with Gasteiger partial charge in [0.2, 0.25) is 0 Å². The van der Waals surface area contributed by atoms with E-state index in [1.165, 1.54) is 18.4 Å². The zero-order valence-corrected chi connectivity index (χ0v) is 11.9. The van der Waals surface area contributed by atoms with Gasteiger partial charge in [0, 0.05) is 19.7 Å². The van der Waals surface area contributed by atoms with E-state index < -0.39 is 5.97 Å². The van der Waals surface area contributed by atoms with Crippen LogP contribution in [0.4, 0.5) is 10.7 Å². The van der Waals surface area contributed by atoms with Crippen molar-refractivity contribution in [2.24, 2.45) is 0 Å². The molecule has 0 aliphatic carbocycles. The molecule has 2 heterocycles. The van der Waals surface area contributed by atoms with Gasteiger partial charge in [-0.15, -0.1) is 11.3 Å². The average molecular weight is 286 g/mol. The number of nitrogens with zero attached hydrogens (tertiary/aromatic N) is 1. The van der Waals surface area contributed by atoms with Gasteiger partial charge < -0.3 is 24.8 Å². The summed E-state index contributed by atoms with van der Waals surface area (Å²) in [6.45, 7) is 3.03. The number of methoxy groups -OCH3 is 2. The van der Waals surface area contributed by atoms with Crippen LogP contribution in [0, 0.1) is 0 Å². The van der Waals surface area contributed by atoms with Crippen molar-refractivity contribution in [2.45, 2.75) is 6.42 Å². The average Bonchev–Trinajstić information content (AvgIpc) is 2.61. The third-order valence-electron chi connectivity index (χ3n) is 2.97. The number of hydrogen-bond acceptors (Lipinski definition) is 7. The monoisotopic (exact) mass is 286 g/mol. The lowest BCUT2D eigenvalue weighted by Gasteiger charge is -2.20. The molecule has 2 rings (SSSR count). The van der Waals surface area contributed by atoms with Crippen molar-refractivity contribution in [3.63, 3.8) is 0 Å². The number of hydrogen-bond donors (Lipinski definition) is 1. The quantitative estimate of drug-likeness (QED) is 0.846. The fraction of sp³-hybridized carbons (Fsp3) is 0.583. The molecular weight excluding hydrogens is 268 g/mol. The van der Waals surface area contributed by atoms with Gasteiger partial charge in [-0.25, -0.2) is 4.79 Å².